The summed E-state index contributed by atoms with van der Waals surface area (Å²) >= 11 is 0. The highest BCUT2D eigenvalue weighted by Gasteiger charge is 2.14. The lowest BCUT2D eigenvalue weighted by atomic mass is 10.1. The normalized spacial score (nSPS) is 14.3. The van der Waals surface area contributed by atoms with Gasteiger partial charge < -0.3 is 15.0 Å². The van der Waals surface area contributed by atoms with Crippen molar-refractivity contribution in [2.24, 2.45) is 0 Å². The molecule has 0 bridgehead atoms. The van der Waals surface area contributed by atoms with Gasteiger partial charge in [-0.1, -0.05) is 12.1 Å². The minimum absolute atomic E-state index is 0.148. The molecule has 2 aromatic rings. The highest BCUT2D eigenvalue weighted by atomic mass is 16.5. The van der Waals surface area contributed by atoms with Gasteiger partial charge in [0.25, 0.3) is 5.91 Å². The first-order valence-corrected chi connectivity index (χ1v) is 8.38. The Balaban J connectivity index is 1.61. The number of amides is 1. The molecule has 1 aliphatic heterocycles. The summed E-state index contributed by atoms with van der Waals surface area (Å²) < 4.78 is 5.13. The largest absolute Gasteiger partial charge is 0.497 e. The minimum atomic E-state index is -0.148. The van der Waals surface area contributed by atoms with E-state index >= 15 is 0 Å². The van der Waals surface area contributed by atoms with E-state index < -0.39 is 0 Å². The second-order valence-electron chi connectivity index (χ2n) is 5.98. The first-order valence-electron chi connectivity index (χ1n) is 8.38. The van der Waals surface area contributed by atoms with E-state index in [1.807, 2.05) is 36.4 Å². The Hall–Kier alpha value is -2.56. The first kappa shape index (κ1) is 16.3. The van der Waals surface area contributed by atoms with E-state index in [-0.39, 0.29) is 5.91 Å². The molecule has 126 valence electrons. The molecule has 1 aliphatic rings. The maximum absolute atomic E-state index is 12.4. The molecule has 0 spiro atoms. The number of aromatic nitrogens is 1. The predicted molar refractivity (Wildman–Crippen MR) is 94.5 cm³/mol. The van der Waals surface area contributed by atoms with E-state index in [4.69, 9.17) is 4.74 Å². The van der Waals surface area contributed by atoms with Crippen molar-refractivity contribution >= 4 is 11.6 Å². The quantitative estimate of drug-likeness (QED) is 0.918. The number of pyridine rings is 1. The monoisotopic (exact) mass is 325 g/mol. The Kier molecular flexibility index (Phi) is 5.31. The number of anilines is 1. The number of hydrogen-bond donors (Lipinski definition) is 1. The van der Waals surface area contributed by atoms with Crippen molar-refractivity contribution in [3.8, 4) is 5.75 Å². The van der Waals surface area contributed by atoms with E-state index in [0.29, 0.717) is 12.2 Å². The summed E-state index contributed by atoms with van der Waals surface area (Å²) in [6.45, 7) is 2.58. The number of piperidine rings is 1. The molecule has 3 rings (SSSR count). The molecule has 0 atom stereocenters. The maximum Gasteiger partial charge on any atom is 0.270 e. The van der Waals surface area contributed by atoms with Gasteiger partial charge in [-0.05, 0) is 49.1 Å². The highest BCUT2D eigenvalue weighted by Crippen LogP contribution is 2.20. The number of ether oxygens (including phenoxy) is 1. The van der Waals surface area contributed by atoms with Gasteiger partial charge in [-0.25, -0.2) is 0 Å². The molecule has 2 heterocycles. The number of benzene rings is 1. The molecule has 24 heavy (non-hydrogen) atoms. The van der Waals surface area contributed by atoms with Crippen LogP contribution < -0.4 is 15.0 Å². The fourth-order valence-electron chi connectivity index (χ4n) is 2.91. The molecule has 0 aliphatic carbocycles. The number of nitrogens with zero attached hydrogens (tertiary/aromatic N) is 2. The standard InChI is InChI=1S/C19H23N3O2/c1-24-17-7-5-15(6-8-17)14-21-19(23)18-13-16(9-10-20-18)22-11-3-2-4-12-22/h5-10,13H,2-4,11-12,14H2,1H3,(H,21,23). The van der Waals surface area contributed by atoms with Gasteiger partial charge in [-0.2, -0.15) is 0 Å². The van der Waals surface area contributed by atoms with Gasteiger partial charge in [0, 0.05) is 31.5 Å². The number of hydrogen-bond acceptors (Lipinski definition) is 4. The minimum Gasteiger partial charge on any atom is -0.497 e. The molecule has 0 radical (unpaired) electrons. The van der Waals surface area contributed by atoms with Crippen molar-refractivity contribution in [1.82, 2.24) is 10.3 Å². The van der Waals surface area contributed by atoms with Crippen LogP contribution in [0.2, 0.25) is 0 Å². The van der Waals surface area contributed by atoms with Gasteiger partial charge in [-0.15, -0.1) is 0 Å². The Morgan fingerprint density at radius 2 is 1.92 bits per heavy atom. The zero-order valence-corrected chi connectivity index (χ0v) is 14.0. The summed E-state index contributed by atoms with van der Waals surface area (Å²) in [6.07, 6.45) is 5.42. The number of carbonyl (C=O) groups excluding carboxylic acids is 1. The van der Waals surface area contributed by atoms with Crippen LogP contribution in [0.25, 0.3) is 0 Å². The van der Waals surface area contributed by atoms with E-state index in [0.717, 1.165) is 30.1 Å². The van der Waals surface area contributed by atoms with Crippen LogP contribution in [-0.2, 0) is 6.54 Å². The fourth-order valence-corrected chi connectivity index (χ4v) is 2.91. The number of rotatable bonds is 5. The molecule has 0 saturated carbocycles. The number of methoxy groups -OCH3 is 1. The third-order valence-corrected chi connectivity index (χ3v) is 4.31. The first-order chi connectivity index (χ1) is 11.8. The van der Waals surface area contributed by atoms with Crippen molar-refractivity contribution in [2.45, 2.75) is 25.8 Å². The van der Waals surface area contributed by atoms with Gasteiger partial charge >= 0.3 is 0 Å². The van der Waals surface area contributed by atoms with E-state index in [1.165, 1.54) is 19.3 Å². The van der Waals surface area contributed by atoms with Crippen molar-refractivity contribution < 1.29 is 9.53 Å². The van der Waals surface area contributed by atoms with Gasteiger partial charge in [0.2, 0.25) is 0 Å². The molecular formula is C19H23N3O2. The van der Waals surface area contributed by atoms with Gasteiger partial charge in [0.05, 0.1) is 7.11 Å². The molecule has 1 fully saturated rings. The molecule has 5 heteroatoms. The maximum atomic E-state index is 12.4. The second kappa shape index (κ2) is 7.81. The summed E-state index contributed by atoms with van der Waals surface area (Å²) in [5.41, 5.74) is 2.57. The SMILES string of the molecule is COc1ccc(CNC(=O)c2cc(N3CCCCC3)ccn2)cc1. The van der Waals surface area contributed by atoms with E-state index in [2.05, 4.69) is 15.2 Å². The lowest BCUT2D eigenvalue weighted by molar-refractivity contribution is 0.0946. The van der Waals surface area contributed by atoms with Crippen molar-refractivity contribution in [2.75, 3.05) is 25.1 Å². The molecule has 5 nitrogen and oxygen atoms in total. The molecular weight excluding hydrogens is 302 g/mol. The lowest BCUT2D eigenvalue weighted by Gasteiger charge is -2.28. The zero-order chi connectivity index (χ0) is 16.8. The van der Waals surface area contributed by atoms with Crippen LogP contribution in [0.1, 0.15) is 35.3 Å². The lowest BCUT2D eigenvalue weighted by Crippen LogP contribution is -2.30. The molecule has 1 amide bonds. The zero-order valence-electron chi connectivity index (χ0n) is 14.0. The van der Waals surface area contributed by atoms with Gasteiger partial charge in [0.15, 0.2) is 0 Å². The van der Waals surface area contributed by atoms with Crippen LogP contribution in [0.5, 0.6) is 5.75 Å². The van der Waals surface area contributed by atoms with Gasteiger partial charge in [-0.3, -0.25) is 9.78 Å². The van der Waals surface area contributed by atoms with Crippen LogP contribution >= 0.6 is 0 Å². The van der Waals surface area contributed by atoms with Crippen LogP contribution in [0.3, 0.4) is 0 Å². The highest BCUT2D eigenvalue weighted by molar-refractivity contribution is 5.93. The fraction of sp³-hybridized carbons (Fsp3) is 0.368. The van der Waals surface area contributed by atoms with Crippen LogP contribution in [0.4, 0.5) is 5.69 Å². The summed E-state index contributed by atoms with van der Waals surface area (Å²) in [5.74, 6) is 0.658. The second-order valence-corrected chi connectivity index (χ2v) is 5.98. The number of nitrogens with one attached hydrogen (secondary N) is 1. The van der Waals surface area contributed by atoms with E-state index in [1.54, 1.807) is 13.3 Å². The Bertz CT molecular complexity index is 679. The predicted octanol–water partition coefficient (Wildman–Crippen LogP) is 3.01. The van der Waals surface area contributed by atoms with Crippen LogP contribution in [0.15, 0.2) is 42.6 Å². The van der Waals surface area contributed by atoms with Crippen molar-refractivity contribution in [3.63, 3.8) is 0 Å². The third kappa shape index (κ3) is 4.04. The van der Waals surface area contributed by atoms with Crippen molar-refractivity contribution in [1.29, 1.82) is 0 Å². The molecule has 1 N–H and O–H groups in total. The third-order valence-electron chi connectivity index (χ3n) is 4.31. The molecule has 0 unspecified atom stereocenters. The van der Waals surface area contributed by atoms with Gasteiger partial charge in [0.1, 0.15) is 11.4 Å². The summed E-state index contributed by atoms with van der Waals surface area (Å²) in [6, 6.07) is 11.5. The topological polar surface area (TPSA) is 54.5 Å². The molecule has 1 aromatic heterocycles. The van der Waals surface area contributed by atoms with Crippen molar-refractivity contribution in [3.05, 3.63) is 53.9 Å². The Labute approximate surface area is 142 Å². The average molecular weight is 325 g/mol. The Morgan fingerprint density at radius 3 is 2.62 bits per heavy atom. The summed E-state index contributed by atoms with van der Waals surface area (Å²) in [4.78, 5) is 18.9. The van der Waals surface area contributed by atoms with Crippen LogP contribution in [0, 0.1) is 0 Å². The summed E-state index contributed by atoms with van der Waals surface area (Å²) in [5, 5.41) is 2.92. The van der Waals surface area contributed by atoms with Crippen LogP contribution in [-0.4, -0.2) is 31.1 Å². The van der Waals surface area contributed by atoms with E-state index in [9.17, 15) is 4.79 Å². The summed E-state index contributed by atoms with van der Waals surface area (Å²) in [7, 11) is 1.64. The number of carbonyl (C=O) groups is 1. The molecule has 1 aromatic carbocycles. The Morgan fingerprint density at radius 1 is 1.17 bits per heavy atom. The average Bonchev–Trinajstić information content (AvgIpc) is 2.67. The molecule has 1 saturated heterocycles. The smallest absolute Gasteiger partial charge is 0.270 e.